The van der Waals surface area contributed by atoms with Crippen LogP contribution in [-0.2, 0) is 10.0 Å². The first-order chi connectivity index (χ1) is 15.4. The molecular formula is C22H21ClF2N4O2S. The normalized spacial score (nSPS) is 15.0. The number of sulfonamides is 1. The number of para-hydroxylation sites is 1. The average Bonchev–Trinajstić information content (AvgIpc) is 3.43. The quantitative estimate of drug-likeness (QED) is 0.521. The second kappa shape index (κ2) is 9.14. The Labute approximate surface area is 189 Å². The lowest BCUT2D eigenvalue weighted by Crippen LogP contribution is -2.37. The highest BCUT2D eigenvalue weighted by molar-refractivity contribution is 7.89. The third-order valence-corrected chi connectivity index (χ3v) is 7.57. The molecule has 1 aromatic carbocycles. The van der Waals surface area contributed by atoms with E-state index in [-0.39, 0.29) is 10.9 Å². The van der Waals surface area contributed by atoms with Crippen molar-refractivity contribution in [2.45, 2.75) is 42.7 Å². The van der Waals surface area contributed by atoms with E-state index in [2.05, 4.69) is 15.6 Å². The van der Waals surface area contributed by atoms with Crippen LogP contribution >= 0.6 is 11.6 Å². The molecule has 0 aliphatic heterocycles. The van der Waals surface area contributed by atoms with E-state index in [1.54, 1.807) is 12.1 Å². The number of halogens is 3. The number of nitriles is 1. The van der Waals surface area contributed by atoms with Gasteiger partial charge in [-0.3, -0.25) is 4.98 Å². The van der Waals surface area contributed by atoms with E-state index >= 15 is 0 Å². The number of hydrogen-bond acceptors (Lipinski definition) is 4. The highest BCUT2D eigenvalue weighted by Gasteiger charge is 2.28. The van der Waals surface area contributed by atoms with Gasteiger partial charge >= 0.3 is 0 Å². The van der Waals surface area contributed by atoms with Gasteiger partial charge < -0.3 is 4.57 Å². The van der Waals surface area contributed by atoms with Crippen LogP contribution in [0, 0.1) is 11.3 Å². The number of pyridine rings is 1. The molecule has 3 aromatic rings. The minimum absolute atomic E-state index is 0.149. The van der Waals surface area contributed by atoms with Gasteiger partial charge in [-0.1, -0.05) is 36.6 Å². The molecule has 0 saturated heterocycles. The lowest BCUT2D eigenvalue weighted by Gasteiger charge is -2.18. The van der Waals surface area contributed by atoms with Crippen LogP contribution in [0.5, 0.6) is 0 Å². The minimum Gasteiger partial charge on any atom is -0.334 e. The van der Waals surface area contributed by atoms with Gasteiger partial charge in [0.2, 0.25) is 10.0 Å². The number of rotatable bonds is 7. The summed E-state index contributed by atoms with van der Waals surface area (Å²) >= 11 is 6.53. The number of hydrogen-bond donors (Lipinski definition) is 1. The van der Waals surface area contributed by atoms with Crippen LogP contribution in [0.3, 0.4) is 0 Å². The zero-order chi connectivity index (χ0) is 22.9. The Morgan fingerprint density at radius 3 is 2.53 bits per heavy atom. The summed E-state index contributed by atoms with van der Waals surface area (Å²) in [4.78, 5) is 4.10. The van der Waals surface area contributed by atoms with Gasteiger partial charge in [0.1, 0.15) is 24.3 Å². The van der Waals surface area contributed by atoms with Crippen LogP contribution < -0.4 is 4.72 Å². The number of aromatic nitrogens is 2. The first-order valence-corrected chi connectivity index (χ1v) is 12.1. The zero-order valence-electron chi connectivity index (χ0n) is 17.1. The molecule has 2 heterocycles. The Balaban J connectivity index is 1.84. The van der Waals surface area contributed by atoms with Gasteiger partial charge in [0, 0.05) is 17.6 Å². The zero-order valence-corrected chi connectivity index (χ0v) is 18.6. The topological polar surface area (TPSA) is 87.8 Å². The highest BCUT2D eigenvalue weighted by atomic mass is 35.5. The second-order valence-electron chi connectivity index (χ2n) is 7.79. The summed E-state index contributed by atoms with van der Waals surface area (Å²) < 4.78 is 54.5. The Hall–Kier alpha value is -2.54. The molecular weight excluding hydrogens is 458 g/mol. The molecule has 0 atom stereocenters. The summed E-state index contributed by atoms with van der Waals surface area (Å²) in [6.07, 6.45) is 5.15. The molecule has 0 bridgehead atoms. The van der Waals surface area contributed by atoms with E-state index in [1.165, 1.54) is 12.1 Å². The smallest absolute Gasteiger partial charge is 0.242 e. The molecule has 1 saturated carbocycles. The molecule has 0 radical (unpaired) electrons. The van der Waals surface area contributed by atoms with Crippen LogP contribution in [0.4, 0.5) is 8.78 Å². The van der Waals surface area contributed by atoms with Gasteiger partial charge in [-0.05, 0) is 31.0 Å². The fraction of sp³-hybridized carbons (Fsp3) is 0.364. The third kappa shape index (κ3) is 3.98. The average molecular weight is 479 g/mol. The maximum absolute atomic E-state index is 12.8. The second-order valence-corrected chi connectivity index (χ2v) is 9.91. The van der Waals surface area contributed by atoms with Crippen molar-refractivity contribution in [3.63, 3.8) is 0 Å². The number of nitrogens with one attached hydrogen (secondary N) is 1. The SMILES string of the molecule is N#Cc1c(-c2ccc(S(=O)(=O)NC(CF)CF)cn2)n(C2CCCC2)c2c(Cl)cccc12. The van der Waals surface area contributed by atoms with E-state index in [1.807, 2.05) is 10.8 Å². The van der Waals surface area contributed by atoms with Crippen molar-refractivity contribution in [2.75, 3.05) is 13.3 Å². The van der Waals surface area contributed by atoms with Crippen LogP contribution in [0.15, 0.2) is 41.4 Å². The molecule has 0 spiro atoms. The van der Waals surface area contributed by atoms with E-state index in [0.29, 0.717) is 22.0 Å². The van der Waals surface area contributed by atoms with E-state index in [0.717, 1.165) is 42.8 Å². The summed E-state index contributed by atoms with van der Waals surface area (Å²) in [6, 6.07) is 9.19. The van der Waals surface area contributed by atoms with Gasteiger partial charge in [0.25, 0.3) is 0 Å². The van der Waals surface area contributed by atoms with Crippen LogP contribution in [-0.4, -0.2) is 37.4 Å². The highest BCUT2D eigenvalue weighted by Crippen LogP contribution is 2.42. The monoisotopic (exact) mass is 478 g/mol. The van der Waals surface area contributed by atoms with Gasteiger partial charge in [-0.15, -0.1) is 0 Å². The van der Waals surface area contributed by atoms with E-state index in [9.17, 15) is 22.5 Å². The minimum atomic E-state index is -4.14. The standard InChI is InChI=1S/C22H21ClF2N4O2S/c23-19-7-3-6-17-18(12-26)22(29(21(17)19)15-4-1-2-5-15)20-9-8-16(13-27-20)32(30,31)28-14(10-24)11-25/h3,6-9,13-15,28H,1-2,4-5,10-11H2. The molecule has 6 nitrogen and oxygen atoms in total. The van der Waals surface area contributed by atoms with Crippen molar-refractivity contribution in [3.8, 4) is 17.5 Å². The maximum Gasteiger partial charge on any atom is 0.242 e. The molecule has 0 unspecified atom stereocenters. The van der Waals surface area contributed by atoms with E-state index < -0.39 is 29.4 Å². The van der Waals surface area contributed by atoms with Gasteiger partial charge in [0.05, 0.1) is 33.5 Å². The molecule has 10 heteroatoms. The molecule has 0 amide bonds. The Morgan fingerprint density at radius 1 is 1.22 bits per heavy atom. The summed E-state index contributed by atoms with van der Waals surface area (Å²) in [5.74, 6) is 0. The predicted molar refractivity (Wildman–Crippen MR) is 118 cm³/mol. The summed E-state index contributed by atoms with van der Waals surface area (Å²) in [7, 11) is -4.14. The number of benzene rings is 1. The molecule has 4 rings (SSSR count). The predicted octanol–water partition coefficient (Wildman–Crippen LogP) is 4.93. The van der Waals surface area contributed by atoms with Crippen molar-refractivity contribution in [1.82, 2.24) is 14.3 Å². The largest absolute Gasteiger partial charge is 0.334 e. The van der Waals surface area contributed by atoms with Crippen LogP contribution in [0.25, 0.3) is 22.3 Å². The summed E-state index contributed by atoms with van der Waals surface area (Å²) in [5, 5.41) is 11.2. The van der Waals surface area contributed by atoms with Crippen LogP contribution in [0.2, 0.25) is 5.02 Å². The van der Waals surface area contributed by atoms with Crippen LogP contribution in [0.1, 0.15) is 37.3 Å². The fourth-order valence-electron chi connectivity index (χ4n) is 4.29. The first kappa shape index (κ1) is 22.6. The number of alkyl halides is 2. The van der Waals surface area contributed by atoms with Gasteiger partial charge in [0.15, 0.2) is 0 Å². The lowest BCUT2D eigenvalue weighted by atomic mass is 10.1. The third-order valence-electron chi connectivity index (χ3n) is 5.76. The molecule has 1 N–H and O–H groups in total. The molecule has 1 fully saturated rings. The Kier molecular flexibility index (Phi) is 6.47. The molecule has 168 valence electrons. The first-order valence-electron chi connectivity index (χ1n) is 10.2. The molecule has 32 heavy (non-hydrogen) atoms. The van der Waals surface area contributed by atoms with Crippen molar-refractivity contribution >= 4 is 32.5 Å². The summed E-state index contributed by atoms with van der Waals surface area (Å²) in [5.41, 5.74) is 2.20. The lowest BCUT2D eigenvalue weighted by molar-refractivity contribution is 0.334. The van der Waals surface area contributed by atoms with Gasteiger partial charge in [-0.2, -0.15) is 5.26 Å². The Morgan fingerprint density at radius 2 is 1.94 bits per heavy atom. The molecule has 2 aromatic heterocycles. The van der Waals surface area contributed by atoms with Crippen molar-refractivity contribution in [3.05, 3.63) is 47.1 Å². The maximum atomic E-state index is 12.8. The van der Waals surface area contributed by atoms with Crippen molar-refractivity contribution < 1.29 is 17.2 Å². The fourth-order valence-corrected chi connectivity index (χ4v) is 5.69. The van der Waals surface area contributed by atoms with E-state index in [4.69, 9.17) is 11.6 Å². The summed E-state index contributed by atoms with van der Waals surface area (Å²) in [6.45, 7) is -2.32. The molecule has 1 aliphatic carbocycles. The van der Waals surface area contributed by atoms with Crippen molar-refractivity contribution in [2.24, 2.45) is 0 Å². The van der Waals surface area contributed by atoms with Crippen molar-refractivity contribution in [1.29, 1.82) is 5.26 Å². The Bertz CT molecular complexity index is 1280. The number of nitrogens with zero attached hydrogens (tertiary/aromatic N) is 3. The molecule has 1 aliphatic rings. The van der Waals surface area contributed by atoms with Gasteiger partial charge in [-0.25, -0.2) is 21.9 Å². The number of fused-ring (bicyclic) bond motifs is 1.